The Morgan fingerprint density at radius 2 is 1.96 bits per heavy atom. The highest BCUT2D eigenvalue weighted by atomic mass is 127. The Morgan fingerprint density at radius 1 is 1.25 bits per heavy atom. The number of guanidine groups is 1. The molecule has 0 aliphatic heterocycles. The van der Waals surface area contributed by atoms with E-state index < -0.39 is 0 Å². The maximum absolute atomic E-state index is 5.55. The van der Waals surface area contributed by atoms with Crippen molar-refractivity contribution in [2.75, 3.05) is 27.3 Å². The molecule has 1 rings (SSSR count). The van der Waals surface area contributed by atoms with Crippen molar-refractivity contribution in [3.05, 3.63) is 29.8 Å². The van der Waals surface area contributed by atoms with Gasteiger partial charge in [0, 0.05) is 27.2 Å². The van der Waals surface area contributed by atoms with Crippen LogP contribution in [-0.4, -0.2) is 39.4 Å². The molecule has 0 aromatic heterocycles. The molecule has 138 valence electrons. The lowest BCUT2D eigenvalue weighted by Crippen LogP contribution is -2.45. The van der Waals surface area contributed by atoms with E-state index in [1.165, 1.54) is 0 Å². The van der Waals surface area contributed by atoms with Crippen LogP contribution in [0.1, 0.15) is 33.3 Å². The predicted octanol–water partition coefficient (Wildman–Crippen LogP) is 3.43. The van der Waals surface area contributed by atoms with Crippen molar-refractivity contribution in [3.63, 3.8) is 0 Å². The van der Waals surface area contributed by atoms with E-state index in [0.29, 0.717) is 19.7 Å². The SMILES string of the molecule is CCOc1cccc(CNC(=NC)NCC(OC)C(C)(C)C)c1.I. The molecule has 0 aliphatic carbocycles. The summed E-state index contributed by atoms with van der Waals surface area (Å²) in [4.78, 5) is 4.26. The van der Waals surface area contributed by atoms with E-state index in [4.69, 9.17) is 9.47 Å². The van der Waals surface area contributed by atoms with Crippen LogP contribution in [-0.2, 0) is 11.3 Å². The zero-order valence-electron chi connectivity index (χ0n) is 15.7. The second-order valence-corrected chi connectivity index (χ2v) is 6.48. The summed E-state index contributed by atoms with van der Waals surface area (Å²) < 4.78 is 11.1. The van der Waals surface area contributed by atoms with E-state index in [0.717, 1.165) is 17.3 Å². The van der Waals surface area contributed by atoms with Crippen LogP contribution >= 0.6 is 24.0 Å². The topological polar surface area (TPSA) is 54.9 Å². The zero-order valence-corrected chi connectivity index (χ0v) is 18.0. The van der Waals surface area contributed by atoms with Crippen LogP contribution in [0.5, 0.6) is 5.75 Å². The molecule has 24 heavy (non-hydrogen) atoms. The van der Waals surface area contributed by atoms with Gasteiger partial charge in [-0.25, -0.2) is 0 Å². The summed E-state index contributed by atoms with van der Waals surface area (Å²) in [6, 6.07) is 8.07. The third kappa shape index (κ3) is 8.19. The monoisotopic (exact) mass is 449 g/mol. The minimum atomic E-state index is 0. The summed E-state index contributed by atoms with van der Waals surface area (Å²) in [5, 5.41) is 6.63. The van der Waals surface area contributed by atoms with Crippen molar-refractivity contribution in [2.24, 2.45) is 10.4 Å². The van der Waals surface area contributed by atoms with Crippen molar-refractivity contribution in [1.82, 2.24) is 10.6 Å². The number of halogens is 1. The first-order valence-corrected chi connectivity index (χ1v) is 8.09. The summed E-state index contributed by atoms with van der Waals surface area (Å²) in [6.07, 6.45) is 0.113. The summed E-state index contributed by atoms with van der Waals surface area (Å²) in [5.74, 6) is 1.65. The fourth-order valence-electron chi connectivity index (χ4n) is 2.25. The number of rotatable bonds is 7. The van der Waals surface area contributed by atoms with Gasteiger partial charge in [-0.15, -0.1) is 24.0 Å². The zero-order chi connectivity index (χ0) is 17.3. The van der Waals surface area contributed by atoms with Gasteiger partial charge in [0.25, 0.3) is 0 Å². The average molecular weight is 449 g/mol. The number of methoxy groups -OCH3 is 1. The maximum atomic E-state index is 5.55. The van der Waals surface area contributed by atoms with E-state index in [-0.39, 0.29) is 35.5 Å². The first-order chi connectivity index (χ1) is 10.9. The Bertz CT molecular complexity index is 501. The lowest BCUT2D eigenvalue weighted by molar-refractivity contribution is 0.0205. The average Bonchev–Trinajstić information content (AvgIpc) is 2.50. The largest absolute Gasteiger partial charge is 0.494 e. The lowest BCUT2D eigenvalue weighted by atomic mass is 9.89. The summed E-state index contributed by atoms with van der Waals surface area (Å²) in [7, 11) is 3.51. The van der Waals surface area contributed by atoms with E-state index in [9.17, 15) is 0 Å². The highest BCUT2D eigenvalue weighted by Gasteiger charge is 2.24. The minimum Gasteiger partial charge on any atom is -0.494 e. The fraction of sp³-hybridized carbons (Fsp3) is 0.611. The highest BCUT2D eigenvalue weighted by molar-refractivity contribution is 14.0. The molecule has 0 aliphatic rings. The van der Waals surface area contributed by atoms with E-state index in [1.54, 1.807) is 14.2 Å². The molecule has 1 unspecified atom stereocenters. The van der Waals surface area contributed by atoms with Gasteiger partial charge >= 0.3 is 0 Å². The number of nitrogens with zero attached hydrogens (tertiary/aromatic N) is 1. The second-order valence-electron chi connectivity index (χ2n) is 6.48. The van der Waals surface area contributed by atoms with Crippen LogP contribution in [0.3, 0.4) is 0 Å². The molecule has 1 atom stereocenters. The van der Waals surface area contributed by atoms with Crippen molar-refractivity contribution in [2.45, 2.75) is 40.3 Å². The highest BCUT2D eigenvalue weighted by Crippen LogP contribution is 2.20. The quantitative estimate of drug-likeness (QED) is 0.381. The van der Waals surface area contributed by atoms with Crippen molar-refractivity contribution in [3.8, 4) is 5.75 Å². The molecule has 5 nitrogen and oxygen atoms in total. The van der Waals surface area contributed by atoms with Crippen LogP contribution < -0.4 is 15.4 Å². The molecule has 0 radical (unpaired) electrons. The smallest absolute Gasteiger partial charge is 0.191 e. The van der Waals surface area contributed by atoms with Gasteiger partial charge in [0.15, 0.2) is 5.96 Å². The molecule has 1 aromatic rings. The molecule has 0 fully saturated rings. The molecule has 2 N–H and O–H groups in total. The molecule has 0 bridgehead atoms. The van der Waals surface area contributed by atoms with Crippen LogP contribution in [0, 0.1) is 5.41 Å². The Labute approximate surface area is 163 Å². The molecular formula is C18H32IN3O2. The van der Waals surface area contributed by atoms with Crippen LogP contribution in [0.15, 0.2) is 29.3 Å². The molecule has 0 spiro atoms. The Kier molecular flexibility index (Phi) is 11.0. The van der Waals surface area contributed by atoms with Gasteiger partial charge in [0.05, 0.1) is 12.7 Å². The molecule has 0 amide bonds. The number of nitrogens with one attached hydrogen (secondary N) is 2. The van der Waals surface area contributed by atoms with Gasteiger partial charge in [0.1, 0.15) is 5.75 Å². The van der Waals surface area contributed by atoms with Gasteiger partial charge in [-0.05, 0) is 30.0 Å². The normalized spacial score (nSPS) is 13.0. The first-order valence-electron chi connectivity index (χ1n) is 8.09. The Morgan fingerprint density at radius 3 is 2.50 bits per heavy atom. The number of benzene rings is 1. The minimum absolute atomic E-state index is 0. The molecule has 0 heterocycles. The first kappa shape index (κ1) is 23.0. The van der Waals surface area contributed by atoms with E-state index in [2.05, 4.69) is 42.5 Å². The predicted molar refractivity (Wildman–Crippen MR) is 111 cm³/mol. The van der Waals surface area contributed by atoms with Crippen molar-refractivity contribution in [1.29, 1.82) is 0 Å². The van der Waals surface area contributed by atoms with Gasteiger partial charge in [-0.1, -0.05) is 32.9 Å². The molecule has 6 heteroatoms. The summed E-state index contributed by atoms with van der Waals surface area (Å²) in [6.45, 7) is 10.5. The second kappa shape index (κ2) is 11.5. The molecule has 0 saturated carbocycles. The molecule has 0 saturated heterocycles. The Hall–Kier alpha value is -1.02. The fourth-order valence-corrected chi connectivity index (χ4v) is 2.25. The van der Waals surface area contributed by atoms with Crippen LogP contribution in [0.25, 0.3) is 0 Å². The number of hydrogen-bond acceptors (Lipinski definition) is 3. The van der Waals surface area contributed by atoms with Gasteiger partial charge in [-0.2, -0.15) is 0 Å². The maximum Gasteiger partial charge on any atom is 0.191 e. The van der Waals surface area contributed by atoms with Gasteiger partial charge in [0.2, 0.25) is 0 Å². The Balaban J connectivity index is 0.00000529. The van der Waals surface area contributed by atoms with Gasteiger partial charge < -0.3 is 20.1 Å². The third-order valence-electron chi connectivity index (χ3n) is 3.60. The van der Waals surface area contributed by atoms with Crippen LogP contribution in [0.4, 0.5) is 0 Å². The lowest BCUT2D eigenvalue weighted by Gasteiger charge is -2.30. The van der Waals surface area contributed by atoms with Gasteiger partial charge in [-0.3, -0.25) is 4.99 Å². The van der Waals surface area contributed by atoms with Crippen LogP contribution in [0.2, 0.25) is 0 Å². The molecule has 1 aromatic carbocycles. The molecular weight excluding hydrogens is 417 g/mol. The standard InChI is InChI=1S/C18H31N3O2.HI/c1-7-23-15-10-8-9-14(11-15)12-20-17(19-5)21-13-16(22-6)18(2,3)4;/h8-11,16H,7,12-13H2,1-6H3,(H2,19,20,21);1H. The number of ether oxygens (including phenoxy) is 2. The summed E-state index contributed by atoms with van der Waals surface area (Å²) in [5.41, 5.74) is 1.23. The van der Waals surface area contributed by atoms with Crippen molar-refractivity contribution < 1.29 is 9.47 Å². The number of aliphatic imine (C=N–C) groups is 1. The number of hydrogen-bond donors (Lipinski definition) is 2. The summed E-state index contributed by atoms with van der Waals surface area (Å²) >= 11 is 0. The van der Waals surface area contributed by atoms with Crippen molar-refractivity contribution >= 4 is 29.9 Å². The van der Waals surface area contributed by atoms with E-state index in [1.807, 2.05) is 25.1 Å². The third-order valence-corrected chi connectivity index (χ3v) is 3.60. The van der Waals surface area contributed by atoms with E-state index >= 15 is 0 Å².